The van der Waals surface area contributed by atoms with E-state index in [1.165, 1.54) is 38.2 Å². The lowest BCUT2D eigenvalue weighted by molar-refractivity contribution is 0.217. The van der Waals surface area contributed by atoms with Crippen molar-refractivity contribution in [1.29, 1.82) is 0 Å². The van der Waals surface area contributed by atoms with Gasteiger partial charge in [0.15, 0.2) is 0 Å². The van der Waals surface area contributed by atoms with Crippen molar-refractivity contribution in [2.75, 3.05) is 6.54 Å². The highest BCUT2D eigenvalue weighted by molar-refractivity contribution is 6.31. The third-order valence-electron chi connectivity index (χ3n) is 4.44. The van der Waals surface area contributed by atoms with Crippen molar-refractivity contribution in [3.8, 4) is 0 Å². The molecular formula is C16H23ClFN. The average Bonchev–Trinajstić information content (AvgIpc) is 2.38. The first kappa shape index (κ1) is 14.8. The van der Waals surface area contributed by atoms with Gasteiger partial charge in [0.2, 0.25) is 0 Å². The molecule has 19 heavy (non-hydrogen) atoms. The fourth-order valence-electron chi connectivity index (χ4n) is 3.20. The third-order valence-corrected chi connectivity index (χ3v) is 4.87. The zero-order chi connectivity index (χ0) is 13.7. The Morgan fingerprint density at radius 1 is 1.11 bits per heavy atom. The Balaban J connectivity index is 2.18. The predicted octanol–water partition coefficient (Wildman–Crippen LogP) is 4.71. The van der Waals surface area contributed by atoms with E-state index >= 15 is 0 Å². The molecule has 106 valence electrons. The number of hydrogen-bond donors (Lipinski definition) is 1. The second-order valence-electron chi connectivity index (χ2n) is 5.86. The van der Waals surface area contributed by atoms with Crippen molar-refractivity contribution in [3.05, 3.63) is 34.6 Å². The highest BCUT2D eigenvalue weighted by atomic mass is 35.5. The molecule has 1 aliphatic carbocycles. The zero-order valence-electron chi connectivity index (χ0n) is 11.4. The largest absolute Gasteiger partial charge is 0.330 e. The minimum atomic E-state index is -0.322. The maximum Gasteiger partial charge on any atom is 0.142 e. The van der Waals surface area contributed by atoms with Crippen LogP contribution in [0.15, 0.2) is 18.2 Å². The molecule has 0 radical (unpaired) electrons. The van der Waals surface area contributed by atoms with Crippen molar-refractivity contribution in [2.24, 2.45) is 11.1 Å². The Morgan fingerprint density at radius 3 is 2.37 bits per heavy atom. The first-order chi connectivity index (χ1) is 9.17. The van der Waals surface area contributed by atoms with E-state index in [1.54, 1.807) is 6.07 Å². The predicted molar refractivity (Wildman–Crippen MR) is 78.9 cm³/mol. The first-order valence-corrected chi connectivity index (χ1v) is 7.68. The molecule has 2 N–H and O–H groups in total. The molecule has 3 heteroatoms. The Morgan fingerprint density at radius 2 is 1.74 bits per heavy atom. The number of halogens is 2. The van der Waals surface area contributed by atoms with E-state index in [4.69, 9.17) is 17.3 Å². The van der Waals surface area contributed by atoms with Gasteiger partial charge in [-0.15, -0.1) is 0 Å². The van der Waals surface area contributed by atoms with Gasteiger partial charge in [-0.1, -0.05) is 55.8 Å². The highest BCUT2D eigenvalue weighted by Gasteiger charge is 2.30. The van der Waals surface area contributed by atoms with Crippen LogP contribution in [0.5, 0.6) is 0 Å². The summed E-state index contributed by atoms with van der Waals surface area (Å²) in [5.74, 6) is -0.322. The van der Waals surface area contributed by atoms with E-state index in [-0.39, 0.29) is 16.3 Å². The topological polar surface area (TPSA) is 26.0 Å². The molecule has 1 nitrogen and oxygen atoms in total. The molecule has 0 aromatic heterocycles. The molecule has 0 amide bonds. The molecule has 0 saturated heterocycles. The fraction of sp³-hybridized carbons (Fsp3) is 0.625. The molecule has 1 aromatic rings. The molecule has 1 fully saturated rings. The zero-order valence-corrected chi connectivity index (χ0v) is 12.2. The van der Waals surface area contributed by atoms with Gasteiger partial charge in [-0.2, -0.15) is 0 Å². The van der Waals surface area contributed by atoms with E-state index in [0.717, 1.165) is 24.8 Å². The molecular weight excluding hydrogens is 261 g/mol. The third kappa shape index (κ3) is 3.70. The van der Waals surface area contributed by atoms with Gasteiger partial charge in [0.25, 0.3) is 0 Å². The molecule has 1 saturated carbocycles. The monoisotopic (exact) mass is 283 g/mol. The lowest BCUT2D eigenvalue weighted by atomic mass is 9.72. The van der Waals surface area contributed by atoms with E-state index in [0.29, 0.717) is 6.54 Å². The summed E-state index contributed by atoms with van der Waals surface area (Å²) in [6.07, 6.45) is 9.44. The Hall–Kier alpha value is -0.600. The van der Waals surface area contributed by atoms with Crippen LogP contribution < -0.4 is 5.73 Å². The number of rotatable bonds is 3. The van der Waals surface area contributed by atoms with Gasteiger partial charge in [0.05, 0.1) is 5.02 Å². The van der Waals surface area contributed by atoms with Crippen LogP contribution in [-0.4, -0.2) is 6.54 Å². The molecule has 1 aliphatic rings. The van der Waals surface area contributed by atoms with Crippen LogP contribution in [0.3, 0.4) is 0 Å². The van der Waals surface area contributed by atoms with E-state index in [9.17, 15) is 4.39 Å². The molecule has 2 rings (SSSR count). The average molecular weight is 284 g/mol. The highest BCUT2D eigenvalue weighted by Crippen LogP contribution is 2.38. The van der Waals surface area contributed by atoms with Crippen molar-refractivity contribution >= 4 is 11.6 Å². The summed E-state index contributed by atoms with van der Waals surface area (Å²) >= 11 is 6.09. The minimum Gasteiger partial charge on any atom is -0.330 e. The van der Waals surface area contributed by atoms with Gasteiger partial charge in [-0.05, 0) is 42.9 Å². The number of nitrogens with two attached hydrogens (primary N) is 1. The molecule has 0 spiro atoms. The maximum absolute atomic E-state index is 13.5. The SMILES string of the molecule is NCC1(Cc2cccc(F)c2Cl)CCCCCCC1. The molecule has 0 bridgehead atoms. The summed E-state index contributed by atoms with van der Waals surface area (Å²) in [5, 5.41) is 0.275. The second-order valence-corrected chi connectivity index (χ2v) is 6.24. The Kier molecular flexibility index (Phi) is 5.23. The van der Waals surface area contributed by atoms with Gasteiger partial charge < -0.3 is 5.73 Å². The van der Waals surface area contributed by atoms with Crippen molar-refractivity contribution < 1.29 is 4.39 Å². The first-order valence-electron chi connectivity index (χ1n) is 7.30. The summed E-state index contributed by atoms with van der Waals surface area (Å²) in [5.41, 5.74) is 7.08. The van der Waals surface area contributed by atoms with Gasteiger partial charge in [0, 0.05) is 0 Å². The van der Waals surface area contributed by atoms with Crippen LogP contribution in [0.2, 0.25) is 5.02 Å². The van der Waals surface area contributed by atoms with Crippen LogP contribution in [0, 0.1) is 11.2 Å². The summed E-state index contributed by atoms with van der Waals surface area (Å²) in [4.78, 5) is 0. The smallest absolute Gasteiger partial charge is 0.142 e. The Labute approximate surface area is 120 Å². The van der Waals surface area contributed by atoms with Crippen molar-refractivity contribution in [1.82, 2.24) is 0 Å². The number of hydrogen-bond acceptors (Lipinski definition) is 1. The van der Waals surface area contributed by atoms with Crippen LogP contribution in [0.1, 0.15) is 50.5 Å². The van der Waals surface area contributed by atoms with Gasteiger partial charge >= 0.3 is 0 Å². The lowest BCUT2D eigenvalue weighted by Crippen LogP contribution is -2.33. The van der Waals surface area contributed by atoms with Crippen molar-refractivity contribution in [2.45, 2.75) is 51.4 Å². The van der Waals surface area contributed by atoms with Crippen LogP contribution in [-0.2, 0) is 6.42 Å². The van der Waals surface area contributed by atoms with Gasteiger partial charge in [-0.3, -0.25) is 0 Å². The van der Waals surface area contributed by atoms with Crippen LogP contribution in [0.25, 0.3) is 0 Å². The normalized spacial score (nSPS) is 19.7. The van der Waals surface area contributed by atoms with Gasteiger partial charge in [0.1, 0.15) is 5.82 Å². The van der Waals surface area contributed by atoms with E-state index in [1.807, 2.05) is 6.07 Å². The summed E-state index contributed by atoms with van der Waals surface area (Å²) in [6.45, 7) is 0.667. The number of benzene rings is 1. The summed E-state index contributed by atoms with van der Waals surface area (Å²) < 4.78 is 13.5. The van der Waals surface area contributed by atoms with Crippen LogP contribution >= 0.6 is 11.6 Å². The summed E-state index contributed by atoms with van der Waals surface area (Å²) in [7, 11) is 0. The lowest BCUT2D eigenvalue weighted by Gasteiger charge is -2.35. The van der Waals surface area contributed by atoms with Crippen molar-refractivity contribution in [3.63, 3.8) is 0 Å². The molecule has 0 aliphatic heterocycles. The second kappa shape index (κ2) is 6.71. The molecule has 0 unspecified atom stereocenters. The summed E-state index contributed by atoms with van der Waals surface area (Å²) in [6, 6.07) is 5.09. The standard InChI is InChI=1S/C16H23ClFN/c17-15-13(7-6-8-14(15)18)11-16(12-19)9-4-2-1-3-5-10-16/h6-8H,1-5,9-12,19H2. The van der Waals surface area contributed by atoms with Crippen LogP contribution in [0.4, 0.5) is 4.39 Å². The minimum absolute atomic E-state index is 0.109. The van der Waals surface area contributed by atoms with E-state index in [2.05, 4.69) is 0 Å². The molecule has 1 aromatic carbocycles. The fourth-order valence-corrected chi connectivity index (χ4v) is 3.39. The molecule has 0 atom stereocenters. The van der Waals surface area contributed by atoms with Gasteiger partial charge in [-0.25, -0.2) is 4.39 Å². The molecule has 0 heterocycles. The van der Waals surface area contributed by atoms with E-state index < -0.39 is 0 Å². The maximum atomic E-state index is 13.5. The quantitative estimate of drug-likeness (QED) is 0.854. The Bertz CT molecular complexity index is 411.